The van der Waals surface area contributed by atoms with Crippen molar-refractivity contribution in [2.24, 2.45) is 0 Å². The number of benzene rings is 1. The van der Waals surface area contributed by atoms with E-state index >= 15 is 0 Å². The maximum Gasteiger partial charge on any atom is 0.336 e. The Morgan fingerprint density at radius 3 is 2.50 bits per heavy atom. The van der Waals surface area contributed by atoms with Crippen molar-refractivity contribution in [3.63, 3.8) is 0 Å². The van der Waals surface area contributed by atoms with Crippen LogP contribution in [0.15, 0.2) is 24.3 Å². The largest absolute Gasteiger partial charge is 0.478 e. The molecular weight excluding hydrogens is 238 g/mol. The zero-order valence-electron chi connectivity index (χ0n) is 9.38. The lowest BCUT2D eigenvalue weighted by atomic mass is 10.1. The first-order valence-electron chi connectivity index (χ1n) is 5.39. The van der Waals surface area contributed by atoms with Crippen LogP contribution in [-0.4, -0.2) is 35.6 Å². The van der Waals surface area contributed by atoms with Crippen molar-refractivity contribution in [2.45, 2.75) is 12.5 Å². The fraction of sp³-hybridized carbons (Fsp3) is 0.250. The SMILES string of the molecule is O=C(O)c1ccccc1C(=O)NC1CCOC1=O. The van der Waals surface area contributed by atoms with E-state index < -0.39 is 23.9 Å². The highest BCUT2D eigenvalue weighted by atomic mass is 16.5. The van der Waals surface area contributed by atoms with E-state index in [9.17, 15) is 14.4 Å². The molecular formula is C12H11NO5. The molecule has 1 heterocycles. The van der Waals surface area contributed by atoms with Crippen LogP contribution in [0, 0.1) is 0 Å². The molecule has 1 unspecified atom stereocenters. The molecule has 0 spiro atoms. The van der Waals surface area contributed by atoms with Gasteiger partial charge in [-0.1, -0.05) is 12.1 Å². The summed E-state index contributed by atoms with van der Waals surface area (Å²) in [6, 6.07) is 5.14. The summed E-state index contributed by atoms with van der Waals surface area (Å²) in [6.45, 7) is 0.268. The average molecular weight is 249 g/mol. The van der Waals surface area contributed by atoms with Crippen LogP contribution in [-0.2, 0) is 9.53 Å². The van der Waals surface area contributed by atoms with Crippen molar-refractivity contribution in [1.82, 2.24) is 5.32 Å². The van der Waals surface area contributed by atoms with Crippen molar-refractivity contribution in [2.75, 3.05) is 6.61 Å². The second-order valence-corrected chi connectivity index (χ2v) is 3.83. The molecule has 1 aliphatic heterocycles. The van der Waals surface area contributed by atoms with Crippen molar-refractivity contribution >= 4 is 17.8 Å². The van der Waals surface area contributed by atoms with Gasteiger partial charge in [0.2, 0.25) is 0 Å². The van der Waals surface area contributed by atoms with Gasteiger partial charge in [-0.05, 0) is 12.1 Å². The summed E-state index contributed by atoms with van der Waals surface area (Å²) in [5, 5.41) is 11.4. The predicted octanol–water partition coefficient (Wildman–Crippen LogP) is 0.430. The topological polar surface area (TPSA) is 92.7 Å². The molecule has 1 aromatic carbocycles. The fourth-order valence-corrected chi connectivity index (χ4v) is 1.73. The Morgan fingerprint density at radius 1 is 1.28 bits per heavy atom. The average Bonchev–Trinajstić information content (AvgIpc) is 2.75. The minimum Gasteiger partial charge on any atom is -0.478 e. The number of aromatic carboxylic acids is 1. The van der Waals surface area contributed by atoms with Crippen LogP contribution >= 0.6 is 0 Å². The number of carboxylic acid groups (broad SMARTS) is 1. The summed E-state index contributed by atoms with van der Waals surface area (Å²) >= 11 is 0. The van der Waals surface area contributed by atoms with E-state index in [0.29, 0.717) is 6.42 Å². The molecule has 1 atom stereocenters. The van der Waals surface area contributed by atoms with Crippen molar-refractivity contribution in [3.8, 4) is 0 Å². The number of rotatable bonds is 3. The minimum absolute atomic E-state index is 0.0321. The highest BCUT2D eigenvalue weighted by Gasteiger charge is 2.29. The van der Waals surface area contributed by atoms with Gasteiger partial charge in [-0.25, -0.2) is 9.59 Å². The second-order valence-electron chi connectivity index (χ2n) is 3.83. The van der Waals surface area contributed by atoms with Gasteiger partial charge in [0.05, 0.1) is 17.7 Å². The first-order chi connectivity index (χ1) is 8.59. The van der Waals surface area contributed by atoms with Crippen LogP contribution in [0.1, 0.15) is 27.1 Å². The monoisotopic (exact) mass is 249 g/mol. The second kappa shape index (κ2) is 4.87. The molecule has 0 bridgehead atoms. The lowest BCUT2D eigenvalue weighted by molar-refractivity contribution is -0.139. The van der Waals surface area contributed by atoms with Gasteiger partial charge in [-0.3, -0.25) is 4.79 Å². The van der Waals surface area contributed by atoms with Crippen molar-refractivity contribution in [3.05, 3.63) is 35.4 Å². The summed E-state index contributed by atoms with van der Waals surface area (Å²) in [4.78, 5) is 34.1. The van der Waals surface area contributed by atoms with Gasteiger partial charge in [0.15, 0.2) is 0 Å². The summed E-state index contributed by atoms with van der Waals surface area (Å²) in [7, 11) is 0. The fourth-order valence-electron chi connectivity index (χ4n) is 1.73. The zero-order valence-corrected chi connectivity index (χ0v) is 9.38. The molecule has 0 radical (unpaired) electrons. The minimum atomic E-state index is -1.19. The highest BCUT2D eigenvalue weighted by molar-refractivity contribution is 6.05. The highest BCUT2D eigenvalue weighted by Crippen LogP contribution is 2.11. The van der Waals surface area contributed by atoms with E-state index in [2.05, 4.69) is 5.32 Å². The number of carboxylic acids is 1. The predicted molar refractivity (Wildman–Crippen MR) is 60.2 cm³/mol. The molecule has 1 saturated heterocycles. The number of carbonyl (C=O) groups is 3. The Hall–Kier alpha value is -2.37. The molecule has 94 valence electrons. The van der Waals surface area contributed by atoms with Crippen LogP contribution in [0.5, 0.6) is 0 Å². The number of esters is 1. The smallest absolute Gasteiger partial charge is 0.336 e. The first-order valence-corrected chi connectivity index (χ1v) is 5.39. The summed E-state index contributed by atoms with van der Waals surface area (Å²) in [6.07, 6.45) is 0.403. The van der Waals surface area contributed by atoms with Crippen LogP contribution in [0.4, 0.5) is 0 Å². The lowest BCUT2D eigenvalue weighted by Gasteiger charge is -2.10. The first kappa shape index (κ1) is 12.1. The number of hydrogen-bond donors (Lipinski definition) is 2. The van der Waals surface area contributed by atoms with Crippen LogP contribution in [0.2, 0.25) is 0 Å². The van der Waals surface area contributed by atoms with E-state index in [1.165, 1.54) is 18.2 Å². The van der Waals surface area contributed by atoms with E-state index in [4.69, 9.17) is 9.84 Å². The van der Waals surface area contributed by atoms with Crippen LogP contribution in [0.25, 0.3) is 0 Å². The van der Waals surface area contributed by atoms with Gasteiger partial charge in [-0.2, -0.15) is 0 Å². The van der Waals surface area contributed by atoms with Gasteiger partial charge in [0, 0.05) is 6.42 Å². The molecule has 2 rings (SSSR count). The summed E-state index contributed by atoms with van der Waals surface area (Å²) in [5.74, 6) is -2.26. The molecule has 6 heteroatoms. The number of cyclic esters (lactones) is 1. The van der Waals surface area contributed by atoms with E-state index in [1.54, 1.807) is 6.07 Å². The molecule has 1 aromatic rings. The van der Waals surface area contributed by atoms with E-state index in [1.807, 2.05) is 0 Å². The maximum atomic E-state index is 11.9. The lowest BCUT2D eigenvalue weighted by Crippen LogP contribution is -2.38. The Kier molecular flexibility index (Phi) is 3.27. The van der Waals surface area contributed by atoms with E-state index in [-0.39, 0.29) is 17.7 Å². The van der Waals surface area contributed by atoms with Gasteiger partial charge in [-0.15, -0.1) is 0 Å². The van der Waals surface area contributed by atoms with Gasteiger partial charge in [0.25, 0.3) is 5.91 Å². The van der Waals surface area contributed by atoms with Crippen molar-refractivity contribution in [1.29, 1.82) is 0 Å². The summed E-state index contributed by atoms with van der Waals surface area (Å²) in [5.41, 5.74) is -0.0638. The quantitative estimate of drug-likeness (QED) is 0.758. The molecule has 18 heavy (non-hydrogen) atoms. The Labute approximate surface area is 103 Å². The number of carbonyl (C=O) groups excluding carboxylic acids is 2. The van der Waals surface area contributed by atoms with Crippen molar-refractivity contribution < 1.29 is 24.2 Å². The van der Waals surface area contributed by atoms with Gasteiger partial charge < -0.3 is 15.2 Å². The molecule has 1 fully saturated rings. The molecule has 0 aliphatic carbocycles. The standard InChI is InChI=1S/C12H11NO5/c14-10(13-9-5-6-18-12(9)17)7-3-1-2-4-8(7)11(15)16/h1-4,9H,5-6H2,(H,13,14)(H,15,16). The Morgan fingerprint density at radius 2 is 1.94 bits per heavy atom. The number of hydrogen-bond acceptors (Lipinski definition) is 4. The molecule has 6 nitrogen and oxygen atoms in total. The zero-order chi connectivity index (χ0) is 13.1. The molecule has 0 saturated carbocycles. The molecule has 1 aliphatic rings. The third kappa shape index (κ3) is 2.32. The number of ether oxygens (including phenoxy) is 1. The summed E-state index contributed by atoms with van der Waals surface area (Å²) < 4.78 is 4.71. The third-order valence-corrected chi connectivity index (χ3v) is 2.64. The van der Waals surface area contributed by atoms with E-state index in [0.717, 1.165) is 0 Å². The van der Waals surface area contributed by atoms with Gasteiger partial charge in [0.1, 0.15) is 6.04 Å². The Balaban J connectivity index is 2.18. The molecule has 0 aromatic heterocycles. The maximum absolute atomic E-state index is 11.9. The molecule has 2 N–H and O–H groups in total. The Bertz CT molecular complexity index is 511. The normalized spacial score (nSPS) is 18.2. The molecule has 1 amide bonds. The van der Waals surface area contributed by atoms with Gasteiger partial charge >= 0.3 is 11.9 Å². The van der Waals surface area contributed by atoms with Crippen LogP contribution in [0.3, 0.4) is 0 Å². The number of amides is 1. The third-order valence-electron chi connectivity index (χ3n) is 2.64. The van der Waals surface area contributed by atoms with Crippen LogP contribution < -0.4 is 5.32 Å². The number of nitrogens with one attached hydrogen (secondary N) is 1.